The van der Waals surface area contributed by atoms with Gasteiger partial charge in [-0.25, -0.2) is 4.98 Å². The van der Waals surface area contributed by atoms with Crippen LogP contribution in [0.4, 0.5) is 0 Å². The van der Waals surface area contributed by atoms with Gasteiger partial charge in [-0.05, 0) is 38.1 Å². The lowest BCUT2D eigenvalue weighted by Gasteiger charge is -2.31. The van der Waals surface area contributed by atoms with Gasteiger partial charge in [-0.1, -0.05) is 12.1 Å². The van der Waals surface area contributed by atoms with Gasteiger partial charge in [0.15, 0.2) is 0 Å². The van der Waals surface area contributed by atoms with Crippen LogP contribution >= 0.6 is 11.3 Å². The van der Waals surface area contributed by atoms with Gasteiger partial charge in [0.25, 0.3) is 0 Å². The van der Waals surface area contributed by atoms with Crippen LogP contribution < -0.4 is 0 Å². The van der Waals surface area contributed by atoms with E-state index in [1.807, 2.05) is 31.3 Å². The zero-order chi connectivity index (χ0) is 17.8. The van der Waals surface area contributed by atoms with Gasteiger partial charge in [0.2, 0.25) is 5.91 Å². The molecule has 1 amide bonds. The summed E-state index contributed by atoms with van der Waals surface area (Å²) < 4.78 is 5.94. The van der Waals surface area contributed by atoms with Crippen molar-refractivity contribution in [3.05, 3.63) is 29.3 Å². The van der Waals surface area contributed by atoms with Gasteiger partial charge in [0.1, 0.15) is 5.01 Å². The largest absolute Gasteiger partial charge is 0.469 e. The Labute approximate surface area is 151 Å². The summed E-state index contributed by atoms with van der Waals surface area (Å²) >= 11 is 1.63. The van der Waals surface area contributed by atoms with Crippen LogP contribution in [0.3, 0.4) is 0 Å². The van der Waals surface area contributed by atoms with Crippen molar-refractivity contribution in [2.75, 3.05) is 33.8 Å². The normalized spacial score (nSPS) is 16.1. The van der Waals surface area contributed by atoms with E-state index in [1.165, 1.54) is 7.11 Å². The summed E-state index contributed by atoms with van der Waals surface area (Å²) in [4.78, 5) is 32.4. The maximum absolute atomic E-state index is 12.5. The number of nitrogens with zero attached hydrogens (tertiary/aromatic N) is 3. The lowest BCUT2D eigenvalue weighted by atomic mass is 9.97. The number of ether oxygens (including phenoxy) is 1. The van der Waals surface area contributed by atoms with Crippen molar-refractivity contribution < 1.29 is 14.3 Å². The number of carbonyl (C=O) groups excluding carboxylic acids is 2. The van der Waals surface area contributed by atoms with E-state index in [0.717, 1.165) is 41.2 Å². The Morgan fingerprint density at radius 2 is 2.04 bits per heavy atom. The second kappa shape index (κ2) is 7.93. The first-order valence-electron chi connectivity index (χ1n) is 8.45. The molecule has 1 saturated heterocycles. The van der Waals surface area contributed by atoms with Crippen molar-refractivity contribution >= 4 is 33.4 Å². The molecule has 1 aliphatic heterocycles. The highest BCUT2D eigenvalue weighted by Gasteiger charge is 2.27. The van der Waals surface area contributed by atoms with Crippen molar-refractivity contribution in [1.82, 2.24) is 14.8 Å². The average molecular weight is 361 g/mol. The topological polar surface area (TPSA) is 62.7 Å². The molecule has 0 atom stereocenters. The van der Waals surface area contributed by atoms with Gasteiger partial charge in [0.05, 0.1) is 36.3 Å². The average Bonchev–Trinajstić information content (AvgIpc) is 3.03. The van der Waals surface area contributed by atoms with Crippen molar-refractivity contribution in [2.45, 2.75) is 19.4 Å². The van der Waals surface area contributed by atoms with E-state index in [4.69, 9.17) is 4.74 Å². The number of carbonyl (C=O) groups is 2. The van der Waals surface area contributed by atoms with Crippen LogP contribution in [0.25, 0.3) is 10.2 Å². The summed E-state index contributed by atoms with van der Waals surface area (Å²) in [6.45, 7) is 2.41. The van der Waals surface area contributed by atoms with E-state index < -0.39 is 0 Å². The van der Waals surface area contributed by atoms with Crippen molar-refractivity contribution in [3.8, 4) is 0 Å². The highest BCUT2D eigenvalue weighted by Crippen LogP contribution is 2.22. The zero-order valence-electron chi connectivity index (χ0n) is 14.6. The maximum Gasteiger partial charge on any atom is 0.308 e. The maximum atomic E-state index is 12.5. The van der Waals surface area contributed by atoms with Crippen LogP contribution in [-0.2, 0) is 20.9 Å². The van der Waals surface area contributed by atoms with Crippen LogP contribution in [0.15, 0.2) is 24.3 Å². The molecular weight excluding hydrogens is 338 g/mol. The molecule has 0 N–H and O–H groups in total. The fourth-order valence-electron chi connectivity index (χ4n) is 3.08. The number of para-hydroxylation sites is 1. The van der Waals surface area contributed by atoms with Crippen LogP contribution in [0.5, 0.6) is 0 Å². The Hall–Kier alpha value is -1.99. The van der Waals surface area contributed by atoms with Gasteiger partial charge in [-0.3, -0.25) is 14.5 Å². The van der Waals surface area contributed by atoms with Crippen LogP contribution in [0.1, 0.15) is 17.8 Å². The quantitative estimate of drug-likeness (QED) is 0.764. The summed E-state index contributed by atoms with van der Waals surface area (Å²) in [5.41, 5.74) is 0.980. The fraction of sp³-hybridized carbons (Fsp3) is 0.500. The molecule has 2 aromatic rings. The number of hydrogen-bond donors (Lipinski definition) is 0. The van der Waals surface area contributed by atoms with Crippen molar-refractivity contribution in [3.63, 3.8) is 0 Å². The minimum Gasteiger partial charge on any atom is -0.469 e. The molecule has 25 heavy (non-hydrogen) atoms. The zero-order valence-corrected chi connectivity index (χ0v) is 15.4. The van der Waals surface area contributed by atoms with Crippen LogP contribution in [0.2, 0.25) is 0 Å². The SMILES string of the molecule is COC(=O)C1CCN(CC(=O)N(C)Cc2nc3ccccc3s2)CC1. The molecule has 0 unspecified atom stereocenters. The molecule has 0 bridgehead atoms. The van der Waals surface area contributed by atoms with Crippen molar-refractivity contribution in [1.29, 1.82) is 0 Å². The molecule has 3 rings (SSSR count). The summed E-state index contributed by atoms with van der Waals surface area (Å²) in [5, 5.41) is 0.946. The number of benzene rings is 1. The fourth-order valence-corrected chi connectivity index (χ4v) is 4.10. The number of amides is 1. The van der Waals surface area contributed by atoms with E-state index >= 15 is 0 Å². The smallest absolute Gasteiger partial charge is 0.308 e. The molecule has 0 saturated carbocycles. The van der Waals surface area contributed by atoms with Gasteiger partial charge in [0, 0.05) is 7.05 Å². The number of thiazole rings is 1. The second-order valence-electron chi connectivity index (χ2n) is 6.40. The molecule has 2 heterocycles. The number of piperidine rings is 1. The Morgan fingerprint density at radius 1 is 1.32 bits per heavy atom. The van der Waals surface area contributed by atoms with E-state index in [1.54, 1.807) is 16.2 Å². The first kappa shape index (κ1) is 17.8. The number of rotatable bonds is 5. The molecule has 0 aliphatic carbocycles. The molecule has 0 radical (unpaired) electrons. The Morgan fingerprint density at radius 3 is 2.72 bits per heavy atom. The van der Waals surface area contributed by atoms with Gasteiger partial charge >= 0.3 is 5.97 Å². The number of methoxy groups -OCH3 is 1. The number of aromatic nitrogens is 1. The standard InChI is InChI=1S/C18H23N3O3S/c1-20(11-16-19-14-5-3-4-6-15(14)25-16)17(22)12-21-9-7-13(8-10-21)18(23)24-2/h3-6,13H,7-12H2,1-2H3. The molecule has 1 aromatic carbocycles. The van der Waals surface area contributed by atoms with E-state index in [2.05, 4.69) is 9.88 Å². The summed E-state index contributed by atoms with van der Waals surface area (Å²) in [7, 11) is 3.24. The molecule has 1 aliphatic rings. The molecule has 134 valence electrons. The molecule has 1 aromatic heterocycles. The first-order valence-corrected chi connectivity index (χ1v) is 9.27. The third-order valence-electron chi connectivity index (χ3n) is 4.62. The number of esters is 1. The van der Waals surface area contributed by atoms with E-state index in [-0.39, 0.29) is 17.8 Å². The predicted molar refractivity (Wildman–Crippen MR) is 97.3 cm³/mol. The lowest BCUT2D eigenvalue weighted by molar-refractivity contribution is -0.147. The highest BCUT2D eigenvalue weighted by atomic mass is 32.1. The van der Waals surface area contributed by atoms with Gasteiger partial charge in [-0.2, -0.15) is 0 Å². The molecular formula is C18H23N3O3S. The summed E-state index contributed by atoms with van der Waals surface area (Å²) in [5.74, 6) is -0.0912. The van der Waals surface area contributed by atoms with Gasteiger partial charge in [-0.15, -0.1) is 11.3 Å². The number of likely N-dealkylation sites (tertiary alicyclic amines) is 1. The summed E-state index contributed by atoms with van der Waals surface area (Å²) in [6, 6.07) is 8.00. The minimum atomic E-state index is -0.140. The third kappa shape index (κ3) is 4.35. The molecule has 7 heteroatoms. The highest BCUT2D eigenvalue weighted by molar-refractivity contribution is 7.18. The molecule has 0 spiro atoms. The number of likely N-dealkylation sites (N-methyl/N-ethyl adjacent to an activating group) is 1. The van der Waals surface area contributed by atoms with Crippen molar-refractivity contribution in [2.24, 2.45) is 5.92 Å². The third-order valence-corrected chi connectivity index (χ3v) is 5.64. The second-order valence-corrected chi connectivity index (χ2v) is 7.51. The first-order chi connectivity index (χ1) is 12.1. The van der Waals surface area contributed by atoms with E-state index in [9.17, 15) is 9.59 Å². The van der Waals surface area contributed by atoms with Crippen LogP contribution in [0, 0.1) is 5.92 Å². The Kier molecular flexibility index (Phi) is 5.65. The molecule has 1 fully saturated rings. The monoisotopic (exact) mass is 361 g/mol. The Bertz CT molecular complexity index is 720. The van der Waals surface area contributed by atoms with Gasteiger partial charge < -0.3 is 9.64 Å². The van der Waals surface area contributed by atoms with Crippen LogP contribution in [-0.4, -0.2) is 60.5 Å². The van der Waals surface area contributed by atoms with E-state index in [0.29, 0.717) is 13.1 Å². The lowest BCUT2D eigenvalue weighted by Crippen LogP contribution is -2.43. The number of hydrogen-bond acceptors (Lipinski definition) is 6. The summed E-state index contributed by atoms with van der Waals surface area (Å²) in [6.07, 6.45) is 1.50. The molecule has 6 nitrogen and oxygen atoms in total. The predicted octanol–water partition coefficient (Wildman–Crippen LogP) is 2.14. The minimum absolute atomic E-state index is 0.0307. The number of fused-ring (bicyclic) bond motifs is 1. The Balaban J connectivity index is 1.50.